The molecule has 5 rings (SSSR count). The van der Waals surface area contributed by atoms with E-state index in [4.69, 9.17) is 9.47 Å². The predicted molar refractivity (Wildman–Crippen MR) is 140 cm³/mol. The van der Waals surface area contributed by atoms with E-state index in [2.05, 4.69) is 50.5 Å². The van der Waals surface area contributed by atoms with Gasteiger partial charge in [-0.1, -0.05) is 18.2 Å². The first-order valence-corrected chi connectivity index (χ1v) is 11.8. The molecule has 2 aromatic carbocycles. The lowest BCUT2D eigenvalue weighted by Crippen LogP contribution is -2.03. The molecule has 0 aliphatic carbocycles. The van der Waals surface area contributed by atoms with Gasteiger partial charge < -0.3 is 14.5 Å². The minimum atomic E-state index is 0.560. The Bertz CT molecular complexity index is 1420. The number of aromatic nitrogens is 4. The third-order valence-electron chi connectivity index (χ3n) is 5.94. The Labute approximate surface area is 204 Å². The van der Waals surface area contributed by atoms with Crippen LogP contribution >= 0.6 is 0 Å². The molecular formula is C29H28N4O2. The summed E-state index contributed by atoms with van der Waals surface area (Å²) in [5.41, 5.74) is 6.46. The summed E-state index contributed by atoms with van der Waals surface area (Å²) in [7, 11) is 1.67. The highest BCUT2D eigenvalue weighted by Gasteiger charge is 2.05. The quantitative estimate of drug-likeness (QED) is 0.271. The molecule has 0 amide bonds. The molecule has 0 aliphatic heterocycles. The Morgan fingerprint density at radius 2 is 1.89 bits per heavy atom. The van der Waals surface area contributed by atoms with Crippen LogP contribution in [0.15, 0.2) is 79.1 Å². The Kier molecular flexibility index (Phi) is 6.89. The molecule has 5 aromatic rings. The van der Waals surface area contributed by atoms with Crippen LogP contribution in [0.2, 0.25) is 0 Å². The maximum absolute atomic E-state index is 5.89. The Morgan fingerprint density at radius 1 is 0.914 bits per heavy atom. The molecule has 6 nitrogen and oxygen atoms in total. The minimum Gasteiger partial charge on any atom is -0.496 e. The zero-order valence-corrected chi connectivity index (χ0v) is 19.7. The number of methoxy groups -OCH3 is 1. The smallest absolute Gasteiger partial charge is 0.129 e. The van der Waals surface area contributed by atoms with Crippen LogP contribution in [0.1, 0.15) is 28.2 Å². The number of benzene rings is 2. The van der Waals surface area contributed by atoms with Gasteiger partial charge in [0, 0.05) is 47.3 Å². The highest BCUT2D eigenvalue weighted by molar-refractivity contribution is 5.79. The minimum absolute atomic E-state index is 0.560. The highest BCUT2D eigenvalue weighted by atomic mass is 16.5. The molecule has 0 aliphatic rings. The molecule has 2 N–H and O–H groups in total. The van der Waals surface area contributed by atoms with Crippen LogP contribution in [0.5, 0.6) is 11.5 Å². The van der Waals surface area contributed by atoms with Crippen molar-refractivity contribution in [1.29, 1.82) is 0 Å². The first-order valence-electron chi connectivity index (χ1n) is 11.8. The van der Waals surface area contributed by atoms with E-state index in [0.29, 0.717) is 6.61 Å². The third kappa shape index (κ3) is 5.79. The molecule has 0 unspecified atom stereocenters. The molecule has 0 atom stereocenters. The van der Waals surface area contributed by atoms with Crippen LogP contribution in [0.25, 0.3) is 23.1 Å². The number of rotatable bonds is 10. The Morgan fingerprint density at radius 3 is 2.77 bits per heavy atom. The van der Waals surface area contributed by atoms with Crippen LogP contribution in [-0.2, 0) is 19.3 Å². The van der Waals surface area contributed by atoms with Crippen LogP contribution in [0.3, 0.4) is 0 Å². The van der Waals surface area contributed by atoms with Gasteiger partial charge in [0.2, 0.25) is 0 Å². The molecule has 35 heavy (non-hydrogen) atoms. The summed E-state index contributed by atoms with van der Waals surface area (Å²) in [5.74, 6) is 1.53. The molecule has 6 heteroatoms. The Hall–Kier alpha value is -4.32. The average Bonchev–Trinajstić information content (AvgIpc) is 3.56. The molecule has 0 saturated carbocycles. The molecule has 0 fully saturated rings. The van der Waals surface area contributed by atoms with Crippen LogP contribution in [-0.4, -0.2) is 33.9 Å². The number of hydrogen-bond donors (Lipinski definition) is 2. The normalized spacial score (nSPS) is 11.3. The van der Waals surface area contributed by atoms with Gasteiger partial charge in [0.1, 0.15) is 11.5 Å². The molecule has 0 bridgehead atoms. The van der Waals surface area contributed by atoms with E-state index in [-0.39, 0.29) is 0 Å². The molecule has 0 spiro atoms. The number of ether oxygens (including phenoxy) is 2. The standard InChI is InChI=1S/C29H28N4O2/c1-34-29-20-27(35-17-14-24-4-2-3-15-30-24)12-9-23(29)8-11-26-19-25(32-33-26)10-6-21-5-7-22-13-16-31-28(22)18-21/h2-5,7-9,11-13,15-16,18-20,31H,6,10,14,17H2,1H3,(H,32,33)/b11-8+. The number of aryl methyl sites for hydroxylation is 2. The summed E-state index contributed by atoms with van der Waals surface area (Å²) in [4.78, 5) is 7.60. The second-order valence-corrected chi connectivity index (χ2v) is 8.37. The van der Waals surface area contributed by atoms with Crippen molar-refractivity contribution in [3.63, 3.8) is 0 Å². The van der Waals surface area contributed by atoms with Crippen molar-refractivity contribution >= 4 is 23.1 Å². The summed E-state index contributed by atoms with van der Waals surface area (Å²) in [6.45, 7) is 0.560. The van der Waals surface area contributed by atoms with E-state index < -0.39 is 0 Å². The van der Waals surface area contributed by atoms with Gasteiger partial charge >= 0.3 is 0 Å². The van der Waals surface area contributed by atoms with Gasteiger partial charge in [-0.15, -0.1) is 0 Å². The lowest BCUT2D eigenvalue weighted by atomic mass is 10.1. The molecule has 3 aromatic heterocycles. The number of hydrogen-bond acceptors (Lipinski definition) is 4. The van der Waals surface area contributed by atoms with Gasteiger partial charge in [-0.3, -0.25) is 10.1 Å². The van der Waals surface area contributed by atoms with Gasteiger partial charge in [-0.25, -0.2) is 0 Å². The van der Waals surface area contributed by atoms with Crippen molar-refractivity contribution in [3.05, 3.63) is 107 Å². The van der Waals surface area contributed by atoms with Gasteiger partial charge in [-0.05, 0) is 78.4 Å². The van der Waals surface area contributed by atoms with Gasteiger partial charge in [0.25, 0.3) is 0 Å². The van der Waals surface area contributed by atoms with E-state index in [1.165, 1.54) is 16.5 Å². The summed E-state index contributed by atoms with van der Waals surface area (Å²) >= 11 is 0. The monoisotopic (exact) mass is 464 g/mol. The van der Waals surface area contributed by atoms with Crippen molar-refractivity contribution in [3.8, 4) is 11.5 Å². The first kappa shape index (κ1) is 22.5. The fourth-order valence-corrected chi connectivity index (χ4v) is 4.04. The molecule has 0 saturated heterocycles. The van der Waals surface area contributed by atoms with Crippen LogP contribution < -0.4 is 9.47 Å². The summed E-state index contributed by atoms with van der Waals surface area (Å²) < 4.78 is 11.5. The molecule has 0 radical (unpaired) electrons. The van der Waals surface area contributed by atoms with Crippen molar-refractivity contribution < 1.29 is 9.47 Å². The second kappa shape index (κ2) is 10.7. The number of fused-ring (bicyclic) bond motifs is 1. The van der Waals surface area contributed by atoms with Gasteiger partial charge in [0.05, 0.1) is 19.4 Å². The Balaban J connectivity index is 1.17. The van der Waals surface area contributed by atoms with E-state index in [0.717, 1.165) is 53.4 Å². The fourth-order valence-electron chi connectivity index (χ4n) is 4.04. The van der Waals surface area contributed by atoms with Gasteiger partial charge in [0.15, 0.2) is 0 Å². The fraction of sp³-hybridized carbons (Fsp3) is 0.172. The van der Waals surface area contributed by atoms with E-state index in [1.807, 2.05) is 54.7 Å². The molecular weight excluding hydrogens is 436 g/mol. The number of aromatic amines is 2. The number of nitrogens with one attached hydrogen (secondary N) is 2. The lowest BCUT2D eigenvalue weighted by molar-refractivity contribution is 0.317. The van der Waals surface area contributed by atoms with Crippen LogP contribution in [0, 0.1) is 0 Å². The second-order valence-electron chi connectivity index (χ2n) is 8.37. The van der Waals surface area contributed by atoms with E-state index >= 15 is 0 Å². The van der Waals surface area contributed by atoms with Crippen molar-refractivity contribution in [1.82, 2.24) is 20.2 Å². The topological polar surface area (TPSA) is 75.8 Å². The SMILES string of the molecule is COc1cc(OCCc2ccccn2)ccc1/C=C/c1cc(CCc2ccc3cc[nH]c3c2)[nH]n1. The summed E-state index contributed by atoms with van der Waals surface area (Å²) in [6.07, 6.45) is 10.4. The first-order chi connectivity index (χ1) is 17.3. The predicted octanol–water partition coefficient (Wildman–Crippen LogP) is 5.87. The third-order valence-corrected chi connectivity index (χ3v) is 5.94. The maximum atomic E-state index is 5.89. The van der Waals surface area contributed by atoms with E-state index in [1.54, 1.807) is 13.3 Å². The van der Waals surface area contributed by atoms with Crippen LogP contribution in [0.4, 0.5) is 0 Å². The maximum Gasteiger partial charge on any atom is 0.129 e. The number of H-pyrrole nitrogens is 2. The van der Waals surface area contributed by atoms with Gasteiger partial charge in [-0.2, -0.15) is 5.10 Å². The number of pyridine rings is 1. The van der Waals surface area contributed by atoms with Crippen molar-refractivity contribution in [2.75, 3.05) is 13.7 Å². The molecule has 176 valence electrons. The summed E-state index contributed by atoms with van der Waals surface area (Å²) in [6, 6.07) is 22.5. The average molecular weight is 465 g/mol. The zero-order valence-electron chi connectivity index (χ0n) is 19.7. The lowest BCUT2D eigenvalue weighted by Gasteiger charge is -2.10. The number of nitrogens with zero attached hydrogens (tertiary/aromatic N) is 2. The zero-order chi connectivity index (χ0) is 23.9. The highest BCUT2D eigenvalue weighted by Crippen LogP contribution is 2.26. The van der Waals surface area contributed by atoms with Crippen molar-refractivity contribution in [2.45, 2.75) is 19.3 Å². The largest absolute Gasteiger partial charge is 0.496 e. The molecule has 3 heterocycles. The van der Waals surface area contributed by atoms with E-state index in [9.17, 15) is 0 Å². The summed E-state index contributed by atoms with van der Waals surface area (Å²) in [5, 5.41) is 8.83. The van der Waals surface area contributed by atoms with Crippen molar-refractivity contribution in [2.24, 2.45) is 0 Å².